The Morgan fingerprint density at radius 1 is 1.29 bits per heavy atom. The van der Waals surface area contributed by atoms with Gasteiger partial charge in [0.25, 0.3) is 0 Å². The average molecular weight is 194 g/mol. The Morgan fingerprint density at radius 2 is 1.71 bits per heavy atom. The van der Waals surface area contributed by atoms with E-state index in [4.69, 9.17) is 4.74 Å². The quantitative estimate of drug-likeness (QED) is 0.530. The molecular formula is C11H14O3. The van der Waals surface area contributed by atoms with E-state index in [9.17, 15) is 4.79 Å². The van der Waals surface area contributed by atoms with Gasteiger partial charge in [-0.2, -0.15) is 0 Å². The summed E-state index contributed by atoms with van der Waals surface area (Å²) in [6.45, 7) is 2.56. The number of hydrogen-bond acceptors (Lipinski definition) is 3. The Labute approximate surface area is 83.6 Å². The highest BCUT2D eigenvalue weighted by atomic mass is 16.6. The molecule has 76 valence electrons. The van der Waals surface area contributed by atoms with Gasteiger partial charge < -0.3 is 9.47 Å². The van der Waals surface area contributed by atoms with Crippen LogP contribution in [0.25, 0.3) is 0 Å². The van der Waals surface area contributed by atoms with Crippen molar-refractivity contribution in [1.29, 1.82) is 0 Å². The van der Waals surface area contributed by atoms with E-state index in [1.807, 2.05) is 36.4 Å². The van der Waals surface area contributed by atoms with E-state index >= 15 is 0 Å². The van der Waals surface area contributed by atoms with E-state index in [-0.39, 0.29) is 12.1 Å². The van der Waals surface area contributed by atoms with E-state index in [1.165, 1.54) is 6.92 Å². The van der Waals surface area contributed by atoms with Crippen molar-refractivity contribution in [3.8, 4) is 0 Å². The fourth-order valence-electron chi connectivity index (χ4n) is 0.759. The summed E-state index contributed by atoms with van der Waals surface area (Å²) in [4.78, 5) is 10.1. The molecule has 0 radical (unpaired) electrons. The normalized spacial score (nSPS) is 17.6. The number of carbonyl (C=O) groups is 1. The molecule has 0 N–H and O–H groups in total. The number of hydrogen-bond donors (Lipinski definition) is 0. The van der Waals surface area contributed by atoms with Gasteiger partial charge in [0.2, 0.25) is 0 Å². The predicted molar refractivity (Wildman–Crippen MR) is 52.8 cm³/mol. The van der Waals surface area contributed by atoms with Crippen LogP contribution in [0.1, 0.15) is 6.92 Å². The molecule has 14 heavy (non-hydrogen) atoms. The highest BCUT2D eigenvalue weighted by Crippen LogP contribution is 2.07. The van der Waals surface area contributed by atoms with E-state index in [0.29, 0.717) is 6.61 Å². The highest BCUT2D eigenvalue weighted by molar-refractivity contribution is 5.65. The average Bonchev–Trinajstić information content (AvgIpc) is 3.02. The number of ether oxygens (including phenoxy) is 2. The van der Waals surface area contributed by atoms with Crippen LogP contribution in [-0.2, 0) is 14.3 Å². The fourth-order valence-corrected chi connectivity index (χ4v) is 0.759. The summed E-state index contributed by atoms with van der Waals surface area (Å²) in [5, 5.41) is 0. The zero-order valence-electron chi connectivity index (χ0n) is 8.18. The summed E-state index contributed by atoms with van der Waals surface area (Å²) in [6, 6.07) is 12.0. The zero-order chi connectivity index (χ0) is 10.2. The van der Waals surface area contributed by atoms with Crippen molar-refractivity contribution < 1.29 is 14.3 Å². The fraction of sp³-hybridized carbons (Fsp3) is 0.364. The van der Waals surface area contributed by atoms with Crippen LogP contribution in [0.15, 0.2) is 36.4 Å². The maximum Gasteiger partial charge on any atom is 0.302 e. The molecule has 1 fully saturated rings. The first-order chi connectivity index (χ1) is 6.79. The number of rotatable bonds is 2. The minimum atomic E-state index is -0.236. The van der Waals surface area contributed by atoms with E-state index in [2.05, 4.69) is 4.74 Å². The van der Waals surface area contributed by atoms with Gasteiger partial charge in [0, 0.05) is 6.92 Å². The number of benzene rings is 1. The van der Waals surface area contributed by atoms with Crippen molar-refractivity contribution in [3.05, 3.63) is 36.4 Å². The van der Waals surface area contributed by atoms with Gasteiger partial charge in [-0.1, -0.05) is 36.4 Å². The molecule has 0 amide bonds. The predicted octanol–water partition coefficient (Wildman–Crippen LogP) is 1.63. The van der Waals surface area contributed by atoms with Crippen molar-refractivity contribution in [2.45, 2.75) is 13.0 Å². The Kier molecular flexibility index (Phi) is 4.72. The van der Waals surface area contributed by atoms with Gasteiger partial charge in [-0.3, -0.25) is 4.79 Å². The van der Waals surface area contributed by atoms with E-state index in [1.54, 1.807) is 0 Å². The molecule has 3 heteroatoms. The second-order valence-corrected chi connectivity index (χ2v) is 2.91. The van der Waals surface area contributed by atoms with Gasteiger partial charge in [0.15, 0.2) is 0 Å². The molecule has 0 aliphatic carbocycles. The Morgan fingerprint density at radius 3 is 2.00 bits per heavy atom. The van der Waals surface area contributed by atoms with Gasteiger partial charge in [-0.05, 0) is 0 Å². The van der Waals surface area contributed by atoms with Gasteiger partial charge in [0.05, 0.1) is 6.61 Å². The Hall–Kier alpha value is -1.35. The Bertz CT molecular complexity index is 228. The van der Waals surface area contributed by atoms with Gasteiger partial charge >= 0.3 is 5.97 Å². The van der Waals surface area contributed by atoms with Crippen molar-refractivity contribution in [1.82, 2.24) is 0 Å². The van der Waals surface area contributed by atoms with Crippen molar-refractivity contribution >= 4 is 5.97 Å². The largest absolute Gasteiger partial charge is 0.463 e. The third kappa shape index (κ3) is 6.20. The summed E-state index contributed by atoms with van der Waals surface area (Å²) in [7, 11) is 0. The summed E-state index contributed by atoms with van der Waals surface area (Å²) in [5.74, 6) is -0.236. The van der Waals surface area contributed by atoms with Crippen LogP contribution >= 0.6 is 0 Å². The third-order valence-electron chi connectivity index (χ3n) is 1.54. The third-order valence-corrected chi connectivity index (χ3v) is 1.54. The highest BCUT2D eigenvalue weighted by Gasteiger charge is 2.23. The maximum absolute atomic E-state index is 10.1. The SMILES string of the molecule is CC(=O)OCC1CO1.c1ccccc1. The lowest BCUT2D eigenvalue weighted by Crippen LogP contribution is -2.05. The van der Waals surface area contributed by atoms with Crippen LogP contribution in [0.3, 0.4) is 0 Å². The van der Waals surface area contributed by atoms with Crippen LogP contribution in [0.4, 0.5) is 0 Å². The van der Waals surface area contributed by atoms with Crippen molar-refractivity contribution in [3.63, 3.8) is 0 Å². The van der Waals surface area contributed by atoms with Gasteiger partial charge in [-0.15, -0.1) is 0 Å². The van der Waals surface area contributed by atoms with Crippen LogP contribution in [0, 0.1) is 0 Å². The van der Waals surface area contributed by atoms with Crippen LogP contribution in [0.5, 0.6) is 0 Å². The van der Waals surface area contributed by atoms with Crippen LogP contribution in [-0.4, -0.2) is 25.3 Å². The molecule has 1 heterocycles. The smallest absolute Gasteiger partial charge is 0.302 e. The molecule has 1 aromatic rings. The number of epoxide rings is 1. The maximum atomic E-state index is 10.1. The van der Waals surface area contributed by atoms with Gasteiger partial charge in [-0.25, -0.2) is 0 Å². The van der Waals surface area contributed by atoms with Crippen LogP contribution < -0.4 is 0 Å². The molecule has 3 nitrogen and oxygen atoms in total. The molecule has 1 atom stereocenters. The lowest BCUT2D eigenvalue weighted by Gasteiger charge is -1.93. The lowest BCUT2D eigenvalue weighted by molar-refractivity contribution is -0.141. The molecule has 0 bridgehead atoms. The summed E-state index contributed by atoms with van der Waals surface area (Å²) < 4.78 is 9.38. The molecule has 0 aromatic heterocycles. The van der Waals surface area contributed by atoms with Crippen molar-refractivity contribution in [2.75, 3.05) is 13.2 Å². The summed E-state index contributed by atoms with van der Waals surface area (Å²) >= 11 is 0. The Balaban J connectivity index is 0.000000146. The second-order valence-electron chi connectivity index (χ2n) is 2.91. The molecule has 1 aliphatic rings. The molecule has 1 aromatic carbocycles. The summed E-state index contributed by atoms with van der Waals surface area (Å²) in [5.41, 5.74) is 0. The summed E-state index contributed by atoms with van der Waals surface area (Å²) in [6.07, 6.45) is 0.193. The lowest BCUT2D eigenvalue weighted by atomic mass is 10.4. The van der Waals surface area contributed by atoms with E-state index in [0.717, 1.165) is 6.61 Å². The second kappa shape index (κ2) is 6.16. The molecule has 2 rings (SSSR count). The number of carbonyl (C=O) groups excluding carboxylic acids is 1. The first kappa shape index (κ1) is 10.7. The first-order valence-corrected chi connectivity index (χ1v) is 4.54. The molecule has 0 saturated carbocycles. The minimum absolute atomic E-state index is 0.193. The zero-order valence-corrected chi connectivity index (χ0v) is 8.18. The molecule has 0 spiro atoms. The molecule has 1 aliphatic heterocycles. The molecular weight excluding hydrogens is 180 g/mol. The first-order valence-electron chi connectivity index (χ1n) is 4.54. The molecule has 1 saturated heterocycles. The van der Waals surface area contributed by atoms with Gasteiger partial charge in [0.1, 0.15) is 12.7 Å². The van der Waals surface area contributed by atoms with E-state index < -0.39 is 0 Å². The van der Waals surface area contributed by atoms with Crippen LogP contribution in [0.2, 0.25) is 0 Å². The monoisotopic (exact) mass is 194 g/mol. The standard InChI is InChI=1S/C6H6.C5H8O3/c1-2-4-6-5-3-1;1-4(6)7-2-5-3-8-5/h1-6H;5H,2-3H2,1H3. The minimum Gasteiger partial charge on any atom is -0.463 e. The number of esters is 1. The topological polar surface area (TPSA) is 38.8 Å². The molecule has 1 unspecified atom stereocenters. The van der Waals surface area contributed by atoms with Crippen molar-refractivity contribution in [2.24, 2.45) is 0 Å².